The Labute approximate surface area is 86.3 Å². The smallest absolute Gasteiger partial charge is 0.162 e. The van der Waals surface area contributed by atoms with E-state index in [2.05, 4.69) is 0 Å². The van der Waals surface area contributed by atoms with E-state index < -0.39 is 0 Å². The second kappa shape index (κ2) is 3.88. The number of Topliss-reactive ketones (excluding diaryl/α,β-unsaturated/α-hetero) is 1. The SMILES string of the molecule is CC(=O)CSc1cc2ccccc2o1. The van der Waals surface area contributed by atoms with Crippen molar-refractivity contribution in [3.63, 3.8) is 0 Å². The van der Waals surface area contributed by atoms with E-state index in [0.29, 0.717) is 5.75 Å². The lowest BCUT2D eigenvalue weighted by molar-refractivity contribution is -0.114. The largest absolute Gasteiger partial charge is 0.450 e. The van der Waals surface area contributed by atoms with Gasteiger partial charge in [0.25, 0.3) is 0 Å². The number of carbonyl (C=O) groups is 1. The van der Waals surface area contributed by atoms with Gasteiger partial charge >= 0.3 is 0 Å². The van der Waals surface area contributed by atoms with Crippen LogP contribution in [0.25, 0.3) is 11.0 Å². The third-order valence-electron chi connectivity index (χ3n) is 1.82. The van der Waals surface area contributed by atoms with Crippen LogP contribution in [0.4, 0.5) is 0 Å². The molecule has 0 atom stereocenters. The molecule has 1 aromatic carbocycles. The van der Waals surface area contributed by atoms with Gasteiger partial charge in [0, 0.05) is 5.39 Å². The predicted octanol–water partition coefficient (Wildman–Crippen LogP) is 3.11. The molecular formula is C11H10O2S. The van der Waals surface area contributed by atoms with Gasteiger partial charge in [0.15, 0.2) is 5.09 Å². The minimum atomic E-state index is 0.162. The minimum Gasteiger partial charge on any atom is -0.450 e. The van der Waals surface area contributed by atoms with Crippen LogP contribution in [0.15, 0.2) is 39.8 Å². The monoisotopic (exact) mass is 206 g/mol. The van der Waals surface area contributed by atoms with Crippen LogP contribution >= 0.6 is 11.8 Å². The first-order valence-corrected chi connectivity index (χ1v) is 5.35. The Bertz CT molecular complexity index is 426. The fraction of sp³-hybridized carbons (Fsp3) is 0.182. The third-order valence-corrected chi connectivity index (χ3v) is 2.86. The second-order valence-corrected chi connectivity index (χ2v) is 4.07. The van der Waals surface area contributed by atoms with Gasteiger partial charge in [0.1, 0.15) is 11.4 Å². The standard InChI is InChI=1S/C11H10O2S/c1-8(12)7-14-11-6-9-4-2-3-5-10(9)13-11/h2-6H,7H2,1H3. The Morgan fingerprint density at radius 3 is 2.93 bits per heavy atom. The minimum absolute atomic E-state index is 0.162. The van der Waals surface area contributed by atoms with Crippen molar-refractivity contribution in [1.29, 1.82) is 0 Å². The Balaban J connectivity index is 2.22. The van der Waals surface area contributed by atoms with Gasteiger partial charge in [0.05, 0.1) is 5.75 Å². The maximum atomic E-state index is 10.8. The van der Waals surface area contributed by atoms with E-state index >= 15 is 0 Å². The Morgan fingerprint density at radius 1 is 1.43 bits per heavy atom. The summed E-state index contributed by atoms with van der Waals surface area (Å²) in [6, 6.07) is 9.79. The Kier molecular flexibility index (Phi) is 2.59. The van der Waals surface area contributed by atoms with Gasteiger partial charge in [-0.05, 0) is 19.1 Å². The molecule has 2 rings (SSSR count). The summed E-state index contributed by atoms with van der Waals surface area (Å²) in [6.07, 6.45) is 0. The van der Waals surface area contributed by atoms with Crippen molar-refractivity contribution in [2.75, 3.05) is 5.75 Å². The number of hydrogen-bond donors (Lipinski definition) is 0. The van der Waals surface area contributed by atoms with E-state index in [1.807, 2.05) is 30.3 Å². The molecule has 0 spiro atoms. The molecule has 3 heteroatoms. The van der Waals surface area contributed by atoms with Crippen molar-refractivity contribution in [3.8, 4) is 0 Å². The first-order chi connectivity index (χ1) is 6.75. The van der Waals surface area contributed by atoms with Gasteiger partial charge in [-0.3, -0.25) is 4.79 Å². The summed E-state index contributed by atoms with van der Waals surface area (Å²) < 4.78 is 5.53. The summed E-state index contributed by atoms with van der Waals surface area (Å²) in [4.78, 5) is 10.8. The fourth-order valence-electron chi connectivity index (χ4n) is 1.20. The summed E-state index contributed by atoms with van der Waals surface area (Å²) >= 11 is 1.44. The van der Waals surface area contributed by atoms with Crippen molar-refractivity contribution < 1.29 is 9.21 Å². The molecule has 72 valence electrons. The van der Waals surface area contributed by atoms with Crippen LogP contribution in [0.1, 0.15) is 6.92 Å². The number of rotatable bonds is 3. The van der Waals surface area contributed by atoms with E-state index in [1.165, 1.54) is 11.8 Å². The van der Waals surface area contributed by atoms with Crippen molar-refractivity contribution in [2.45, 2.75) is 12.0 Å². The lowest BCUT2D eigenvalue weighted by Gasteiger charge is -1.90. The van der Waals surface area contributed by atoms with Crippen molar-refractivity contribution in [1.82, 2.24) is 0 Å². The second-order valence-electron chi connectivity index (χ2n) is 3.09. The molecule has 0 saturated carbocycles. The average molecular weight is 206 g/mol. The van der Waals surface area contributed by atoms with Crippen molar-refractivity contribution >= 4 is 28.5 Å². The van der Waals surface area contributed by atoms with Crippen LogP contribution < -0.4 is 0 Å². The van der Waals surface area contributed by atoms with E-state index in [1.54, 1.807) is 6.92 Å². The number of hydrogen-bond acceptors (Lipinski definition) is 3. The van der Waals surface area contributed by atoms with Gasteiger partial charge in [-0.25, -0.2) is 0 Å². The molecule has 0 radical (unpaired) electrons. The zero-order valence-electron chi connectivity index (χ0n) is 7.82. The van der Waals surface area contributed by atoms with Crippen LogP contribution in [-0.2, 0) is 4.79 Å². The molecule has 0 bridgehead atoms. The summed E-state index contributed by atoms with van der Waals surface area (Å²) in [7, 11) is 0. The maximum absolute atomic E-state index is 10.8. The first-order valence-electron chi connectivity index (χ1n) is 4.36. The molecule has 2 aromatic rings. The van der Waals surface area contributed by atoms with Gasteiger partial charge in [-0.15, -0.1) is 0 Å². The normalized spacial score (nSPS) is 10.6. The summed E-state index contributed by atoms with van der Waals surface area (Å²) in [5, 5.41) is 1.89. The van der Waals surface area contributed by atoms with Gasteiger partial charge in [-0.1, -0.05) is 30.0 Å². The first kappa shape index (κ1) is 9.34. The van der Waals surface area contributed by atoms with Crippen LogP contribution in [0, 0.1) is 0 Å². The maximum Gasteiger partial charge on any atom is 0.162 e. The highest BCUT2D eigenvalue weighted by molar-refractivity contribution is 7.99. The molecule has 14 heavy (non-hydrogen) atoms. The average Bonchev–Trinajstić information content (AvgIpc) is 2.57. The van der Waals surface area contributed by atoms with Gasteiger partial charge in [-0.2, -0.15) is 0 Å². The Morgan fingerprint density at radius 2 is 2.21 bits per heavy atom. The zero-order chi connectivity index (χ0) is 9.97. The molecule has 1 aromatic heterocycles. The van der Waals surface area contributed by atoms with E-state index in [9.17, 15) is 4.79 Å². The molecule has 0 aliphatic carbocycles. The molecule has 0 saturated heterocycles. The predicted molar refractivity (Wildman–Crippen MR) is 57.6 cm³/mol. The number of fused-ring (bicyclic) bond motifs is 1. The number of carbonyl (C=O) groups excluding carboxylic acids is 1. The van der Waals surface area contributed by atoms with Crippen LogP contribution in [-0.4, -0.2) is 11.5 Å². The van der Waals surface area contributed by atoms with Gasteiger partial charge < -0.3 is 4.42 Å². The molecule has 0 fully saturated rings. The lowest BCUT2D eigenvalue weighted by atomic mass is 10.3. The number of para-hydroxylation sites is 1. The number of ketones is 1. The summed E-state index contributed by atoms with van der Waals surface area (Å²) in [6.45, 7) is 1.58. The highest BCUT2D eigenvalue weighted by Crippen LogP contribution is 2.26. The molecule has 1 heterocycles. The molecule has 0 aliphatic heterocycles. The van der Waals surface area contributed by atoms with Crippen LogP contribution in [0.3, 0.4) is 0 Å². The zero-order valence-corrected chi connectivity index (χ0v) is 8.64. The molecule has 0 N–H and O–H groups in total. The summed E-state index contributed by atoms with van der Waals surface area (Å²) in [5.41, 5.74) is 0.874. The van der Waals surface area contributed by atoms with Gasteiger partial charge in [0.2, 0.25) is 0 Å². The molecular weight excluding hydrogens is 196 g/mol. The lowest BCUT2D eigenvalue weighted by Crippen LogP contribution is -1.91. The highest BCUT2D eigenvalue weighted by atomic mass is 32.2. The number of furan rings is 1. The van der Waals surface area contributed by atoms with Crippen LogP contribution in [0.5, 0.6) is 0 Å². The highest BCUT2D eigenvalue weighted by Gasteiger charge is 2.04. The quantitative estimate of drug-likeness (QED) is 0.723. The number of benzene rings is 1. The van der Waals surface area contributed by atoms with E-state index in [4.69, 9.17) is 4.42 Å². The van der Waals surface area contributed by atoms with E-state index in [0.717, 1.165) is 16.1 Å². The third kappa shape index (κ3) is 1.99. The molecule has 0 amide bonds. The summed E-state index contributed by atoms with van der Waals surface area (Å²) in [5.74, 6) is 0.635. The Hall–Kier alpha value is -1.22. The number of thioether (sulfide) groups is 1. The molecule has 2 nitrogen and oxygen atoms in total. The van der Waals surface area contributed by atoms with E-state index in [-0.39, 0.29) is 5.78 Å². The molecule has 0 unspecified atom stereocenters. The van der Waals surface area contributed by atoms with Crippen molar-refractivity contribution in [3.05, 3.63) is 30.3 Å². The molecule has 0 aliphatic rings. The van der Waals surface area contributed by atoms with Crippen molar-refractivity contribution in [2.24, 2.45) is 0 Å². The fourth-order valence-corrected chi connectivity index (χ4v) is 1.91. The topological polar surface area (TPSA) is 30.2 Å². The van der Waals surface area contributed by atoms with Crippen LogP contribution in [0.2, 0.25) is 0 Å².